The van der Waals surface area contributed by atoms with Crippen LogP contribution in [0.4, 0.5) is 0 Å². The van der Waals surface area contributed by atoms with Crippen molar-refractivity contribution in [3.63, 3.8) is 0 Å². The summed E-state index contributed by atoms with van der Waals surface area (Å²) in [7, 11) is 3.08. The molecule has 1 unspecified atom stereocenters. The van der Waals surface area contributed by atoms with E-state index in [1.807, 2.05) is 0 Å². The molecular formula is C20H27N3O3. The molecule has 6 heteroatoms. The number of hydrogen-bond acceptors (Lipinski definition) is 4. The van der Waals surface area contributed by atoms with Crippen LogP contribution in [-0.2, 0) is 11.3 Å². The minimum absolute atomic E-state index is 0.353. The largest absolute Gasteiger partial charge is 0.465 e. The van der Waals surface area contributed by atoms with E-state index in [9.17, 15) is 4.79 Å². The molecule has 0 aliphatic carbocycles. The molecule has 6 nitrogen and oxygen atoms in total. The lowest BCUT2D eigenvalue weighted by molar-refractivity contribution is 0.0599. The number of rotatable bonds is 6. The van der Waals surface area contributed by atoms with Crippen LogP contribution in [0.3, 0.4) is 0 Å². The first-order valence-corrected chi connectivity index (χ1v) is 8.63. The predicted molar refractivity (Wildman–Crippen MR) is 103 cm³/mol. The summed E-state index contributed by atoms with van der Waals surface area (Å²) in [6.07, 6.45) is 0. The standard InChI is InChI=1S/C20H27N3O3/c1-13-6-8-16(9-7-13)14(2)11-22-20(21-4)23-12-17-10-18(15(3)26-17)19(24)25-5/h6-10,14H,11-12H2,1-5H3,(H2,21,22,23). The highest BCUT2D eigenvalue weighted by Gasteiger charge is 2.15. The van der Waals surface area contributed by atoms with Crippen molar-refractivity contribution in [3.05, 3.63) is 58.5 Å². The number of carbonyl (C=O) groups is 1. The summed E-state index contributed by atoms with van der Waals surface area (Å²) >= 11 is 0. The maximum absolute atomic E-state index is 11.6. The fraction of sp³-hybridized carbons (Fsp3) is 0.400. The summed E-state index contributed by atoms with van der Waals surface area (Å²) < 4.78 is 10.3. The Morgan fingerprint density at radius 2 is 1.92 bits per heavy atom. The summed E-state index contributed by atoms with van der Waals surface area (Å²) in [6.45, 7) is 7.18. The van der Waals surface area contributed by atoms with Crippen LogP contribution in [0.1, 0.15) is 45.8 Å². The van der Waals surface area contributed by atoms with Crippen LogP contribution < -0.4 is 10.6 Å². The molecule has 0 aliphatic rings. The summed E-state index contributed by atoms with van der Waals surface area (Å²) in [5.74, 6) is 1.83. The van der Waals surface area contributed by atoms with E-state index < -0.39 is 5.97 Å². The summed E-state index contributed by atoms with van der Waals surface area (Å²) in [5.41, 5.74) is 2.98. The molecule has 0 saturated heterocycles. The monoisotopic (exact) mass is 357 g/mol. The minimum Gasteiger partial charge on any atom is -0.465 e. The number of nitrogens with zero attached hydrogens (tertiary/aromatic N) is 1. The zero-order valence-corrected chi connectivity index (χ0v) is 16.1. The fourth-order valence-electron chi connectivity index (χ4n) is 2.60. The molecule has 2 aromatic rings. The molecule has 0 saturated carbocycles. The van der Waals surface area contributed by atoms with Crippen molar-refractivity contribution in [1.82, 2.24) is 10.6 Å². The van der Waals surface area contributed by atoms with Crippen LogP contribution in [-0.4, -0.2) is 32.6 Å². The van der Waals surface area contributed by atoms with Gasteiger partial charge in [-0.15, -0.1) is 0 Å². The third kappa shape index (κ3) is 5.12. The zero-order valence-electron chi connectivity index (χ0n) is 16.1. The van der Waals surface area contributed by atoms with Gasteiger partial charge in [0.25, 0.3) is 0 Å². The van der Waals surface area contributed by atoms with E-state index in [-0.39, 0.29) is 0 Å². The second-order valence-electron chi connectivity index (χ2n) is 6.29. The van der Waals surface area contributed by atoms with Crippen LogP contribution in [0.2, 0.25) is 0 Å². The molecule has 0 radical (unpaired) electrons. The van der Waals surface area contributed by atoms with Crippen LogP contribution in [0.5, 0.6) is 0 Å². The van der Waals surface area contributed by atoms with Crippen molar-refractivity contribution in [2.45, 2.75) is 33.2 Å². The van der Waals surface area contributed by atoms with Gasteiger partial charge in [-0.2, -0.15) is 0 Å². The van der Waals surface area contributed by atoms with E-state index in [0.29, 0.717) is 35.5 Å². The number of guanidine groups is 1. The molecule has 0 spiro atoms. The smallest absolute Gasteiger partial charge is 0.341 e. The number of methoxy groups -OCH3 is 1. The molecule has 1 atom stereocenters. The minimum atomic E-state index is -0.396. The molecule has 0 bridgehead atoms. The highest BCUT2D eigenvalue weighted by atomic mass is 16.5. The fourth-order valence-corrected chi connectivity index (χ4v) is 2.60. The van der Waals surface area contributed by atoms with E-state index in [2.05, 4.69) is 53.7 Å². The molecule has 0 aliphatic heterocycles. The molecule has 1 heterocycles. The summed E-state index contributed by atoms with van der Waals surface area (Å²) in [6, 6.07) is 10.2. The molecule has 1 aromatic heterocycles. The first-order chi connectivity index (χ1) is 12.4. The van der Waals surface area contributed by atoms with Gasteiger partial charge in [-0.1, -0.05) is 36.8 Å². The van der Waals surface area contributed by atoms with Gasteiger partial charge in [0.15, 0.2) is 5.96 Å². The molecule has 1 aromatic carbocycles. The van der Waals surface area contributed by atoms with Gasteiger partial charge in [-0.05, 0) is 31.4 Å². The predicted octanol–water partition coefficient (Wildman–Crippen LogP) is 3.15. The number of furan rings is 1. The number of hydrogen-bond donors (Lipinski definition) is 2. The van der Waals surface area contributed by atoms with E-state index in [0.717, 1.165) is 6.54 Å². The van der Waals surface area contributed by atoms with Gasteiger partial charge in [-0.3, -0.25) is 4.99 Å². The third-order valence-electron chi connectivity index (χ3n) is 4.25. The normalized spacial score (nSPS) is 12.6. The van der Waals surface area contributed by atoms with Gasteiger partial charge in [0.05, 0.1) is 13.7 Å². The zero-order chi connectivity index (χ0) is 19.1. The van der Waals surface area contributed by atoms with Crippen molar-refractivity contribution in [3.8, 4) is 0 Å². The Hall–Kier alpha value is -2.76. The lowest BCUT2D eigenvalue weighted by Gasteiger charge is -2.16. The van der Waals surface area contributed by atoms with E-state index >= 15 is 0 Å². The van der Waals surface area contributed by atoms with Crippen molar-refractivity contribution in [2.75, 3.05) is 20.7 Å². The summed E-state index contributed by atoms with van der Waals surface area (Å²) in [4.78, 5) is 15.9. The molecule has 140 valence electrons. The van der Waals surface area contributed by atoms with Gasteiger partial charge in [0.2, 0.25) is 0 Å². The molecule has 26 heavy (non-hydrogen) atoms. The quantitative estimate of drug-likeness (QED) is 0.472. The van der Waals surface area contributed by atoms with Crippen LogP contribution in [0.15, 0.2) is 39.7 Å². The number of ether oxygens (including phenoxy) is 1. The van der Waals surface area contributed by atoms with Gasteiger partial charge in [0.1, 0.15) is 17.1 Å². The highest BCUT2D eigenvalue weighted by molar-refractivity contribution is 5.90. The molecular weight excluding hydrogens is 330 g/mol. The lowest BCUT2D eigenvalue weighted by atomic mass is 10.0. The molecule has 0 fully saturated rings. The van der Waals surface area contributed by atoms with Crippen LogP contribution in [0.25, 0.3) is 0 Å². The third-order valence-corrected chi connectivity index (χ3v) is 4.25. The Morgan fingerprint density at radius 1 is 1.23 bits per heavy atom. The highest BCUT2D eigenvalue weighted by Crippen LogP contribution is 2.16. The Balaban J connectivity index is 1.88. The molecule has 2 N–H and O–H groups in total. The number of aryl methyl sites for hydroxylation is 2. The van der Waals surface area contributed by atoms with Gasteiger partial charge < -0.3 is 19.8 Å². The van der Waals surface area contributed by atoms with E-state index in [1.165, 1.54) is 18.2 Å². The van der Waals surface area contributed by atoms with Crippen LogP contribution in [0, 0.1) is 13.8 Å². The first kappa shape index (κ1) is 19.6. The average Bonchev–Trinajstić information content (AvgIpc) is 3.02. The Morgan fingerprint density at radius 3 is 2.54 bits per heavy atom. The second-order valence-corrected chi connectivity index (χ2v) is 6.29. The molecule has 0 amide bonds. The number of aliphatic imine (C=N–C) groups is 1. The second kappa shape index (κ2) is 9.08. The number of esters is 1. The molecule has 2 rings (SSSR count). The van der Waals surface area contributed by atoms with Gasteiger partial charge in [-0.25, -0.2) is 4.79 Å². The maximum Gasteiger partial charge on any atom is 0.341 e. The average molecular weight is 357 g/mol. The Labute approximate surface area is 154 Å². The Bertz CT molecular complexity index is 763. The van der Waals surface area contributed by atoms with Gasteiger partial charge >= 0.3 is 5.97 Å². The number of carbonyl (C=O) groups excluding carboxylic acids is 1. The van der Waals surface area contributed by atoms with Crippen molar-refractivity contribution >= 4 is 11.9 Å². The van der Waals surface area contributed by atoms with E-state index in [1.54, 1.807) is 20.0 Å². The topological polar surface area (TPSA) is 75.9 Å². The SMILES string of the molecule is CN=C(NCc1cc(C(=O)OC)c(C)o1)NCC(C)c1ccc(C)cc1. The maximum atomic E-state index is 11.6. The first-order valence-electron chi connectivity index (χ1n) is 8.63. The van der Waals surface area contributed by atoms with E-state index in [4.69, 9.17) is 9.15 Å². The van der Waals surface area contributed by atoms with Gasteiger partial charge in [0, 0.05) is 13.6 Å². The Kier molecular flexibility index (Phi) is 6.83. The number of benzene rings is 1. The number of nitrogens with one attached hydrogen (secondary N) is 2. The van der Waals surface area contributed by atoms with Crippen LogP contribution >= 0.6 is 0 Å². The summed E-state index contributed by atoms with van der Waals surface area (Å²) in [5, 5.41) is 6.51. The van der Waals surface area contributed by atoms with Crippen molar-refractivity contribution in [2.24, 2.45) is 4.99 Å². The van der Waals surface area contributed by atoms with Crippen molar-refractivity contribution < 1.29 is 13.9 Å². The van der Waals surface area contributed by atoms with Crippen molar-refractivity contribution in [1.29, 1.82) is 0 Å². The lowest BCUT2D eigenvalue weighted by Crippen LogP contribution is -2.38.